The lowest BCUT2D eigenvalue weighted by Crippen LogP contribution is -2.08. The van der Waals surface area contributed by atoms with Crippen LogP contribution < -0.4 is 4.74 Å². The summed E-state index contributed by atoms with van der Waals surface area (Å²) in [5.74, 6) is -0.0173. The molecule has 26 heavy (non-hydrogen) atoms. The van der Waals surface area contributed by atoms with Gasteiger partial charge in [0.25, 0.3) is 0 Å². The highest BCUT2D eigenvalue weighted by Gasteiger charge is 2.14. The Kier molecular flexibility index (Phi) is 5.64. The molecule has 0 aliphatic rings. The fraction of sp³-hybridized carbons (Fsp3) is 0.0909. The van der Waals surface area contributed by atoms with Crippen molar-refractivity contribution < 1.29 is 14.3 Å². The van der Waals surface area contributed by atoms with E-state index >= 15 is 0 Å². The van der Waals surface area contributed by atoms with Crippen LogP contribution in [0.4, 0.5) is 0 Å². The van der Waals surface area contributed by atoms with E-state index in [9.17, 15) is 4.79 Å². The molecule has 3 aromatic rings. The quantitative estimate of drug-likeness (QED) is 0.619. The lowest BCUT2D eigenvalue weighted by molar-refractivity contribution is 0.0467. The monoisotopic (exact) mass is 343 g/mol. The van der Waals surface area contributed by atoms with Crippen molar-refractivity contribution in [2.45, 2.75) is 13.2 Å². The molecule has 0 bridgehead atoms. The van der Waals surface area contributed by atoms with Gasteiger partial charge in [-0.25, -0.2) is 4.79 Å². The maximum absolute atomic E-state index is 12.5. The second-order valence-electron chi connectivity index (χ2n) is 5.62. The smallest absolute Gasteiger partial charge is 0.342 e. The standard InChI is InChI=1S/C22H17NO3/c23-14-18-10-4-5-11-19(18)16-26-22(24)20-12-6-7-13-21(20)25-15-17-8-2-1-3-9-17/h1-13H,15-16H2. The third-order valence-corrected chi connectivity index (χ3v) is 3.84. The zero-order chi connectivity index (χ0) is 18.2. The summed E-state index contributed by atoms with van der Waals surface area (Å²) in [7, 11) is 0. The SMILES string of the molecule is N#Cc1ccccc1COC(=O)c1ccccc1OCc1ccccc1. The van der Waals surface area contributed by atoms with Crippen LogP contribution in [-0.4, -0.2) is 5.97 Å². The molecule has 0 aliphatic heterocycles. The Hall–Kier alpha value is -3.58. The molecule has 3 aromatic carbocycles. The number of carbonyl (C=O) groups is 1. The Morgan fingerprint density at radius 1 is 0.846 bits per heavy atom. The largest absolute Gasteiger partial charge is 0.488 e. The van der Waals surface area contributed by atoms with Crippen molar-refractivity contribution >= 4 is 5.97 Å². The Morgan fingerprint density at radius 3 is 2.35 bits per heavy atom. The molecule has 0 saturated heterocycles. The summed E-state index contributed by atoms with van der Waals surface area (Å²) in [5.41, 5.74) is 2.54. The summed E-state index contributed by atoms with van der Waals surface area (Å²) >= 11 is 0. The van der Waals surface area contributed by atoms with Gasteiger partial charge in [0, 0.05) is 5.56 Å². The average Bonchev–Trinajstić information content (AvgIpc) is 2.71. The summed E-state index contributed by atoms with van der Waals surface area (Å²) in [5, 5.41) is 9.11. The summed E-state index contributed by atoms with van der Waals surface area (Å²) in [6.45, 7) is 0.401. The number of nitriles is 1. The molecule has 0 atom stereocenters. The van der Waals surface area contributed by atoms with E-state index in [2.05, 4.69) is 6.07 Å². The highest BCUT2D eigenvalue weighted by atomic mass is 16.5. The summed E-state index contributed by atoms with van der Waals surface area (Å²) in [6.07, 6.45) is 0. The van der Waals surface area contributed by atoms with Crippen LogP contribution in [0.3, 0.4) is 0 Å². The summed E-state index contributed by atoms with van der Waals surface area (Å²) in [6, 6.07) is 25.8. The highest BCUT2D eigenvalue weighted by molar-refractivity contribution is 5.92. The van der Waals surface area contributed by atoms with Gasteiger partial charge in [0.1, 0.15) is 24.5 Å². The van der Waals surface area contributed by atoms with Crippen molar-refractivity contribution in [3.05, 3.63) is 101 Å². The van der Waals surface area contributed by atoms with E-state index in [-0.39, 0.29) is 6.61 Å². The topological polar surface area (TPSA) is 59.3 Å². The minimum atomic E-state index is -0.485. The molecule has 0 unspecified atom stereocenters. The molecule has 0 spiro atoms. The molecular weight excluding hydrogens is 326 g/mol. The first-order valence-electron chi connectivity index (χ1n) is 8.19. The molecule has 4 heteroatoms. The predicted molar refractivity (Wildman–Crippen MR) is 97.5 cm³/mol. The molecule has 0 amide bonds. The van der Waals surface area contributed by atoms with Gasteiger partial charge in [0.15, 0.2) is 0 Å². The minimum absolute atomic E-state index is 0.0373. The van der Waals surface area contributed by atoms with E-state index in [1.165, 1.54) is 0 Å². The van der Waals surface area contributed by atoms with Gasteiger partial charge in [-0.05, 0) is 23.8 Å². The molecule has 0 N–H and O–H groups in total. The zero-order valence-electron chi connectivity index (χ0n) is 14.1. The number of carbonyl (C=O) groups excluding carboxylic acids is 1. The van der Waals surface area contributed by atoms with Crippen molar-refractivity contribution in [1.29, 1.82) is 5.26 Å². The molecule has 3 rings (SSSR count). The van der Waals surface area contributed by atoms with E-state index in [1.54, 1.807) is 42.5 Å². The first kappa shape index (κ1) is 17.2. The molecule has 0 saturated carbocycles. The molecule has 0 fully saturated rings. The van der Waals surface area contributed by atoms with E-state index in [1.807, 2.05) is 36.4 Å². The first-order valence-corrected chi connectivity index (χ1v) is 8.19. The van der Waals surface area contributed by atoms with Gasteiger partial charge in [-0.15, -0.1) is 0 Å². The highest BCUT2D eigenvalue weighted by Crippen LogP contribution is 2.21. The predicted octanol–water partition coefficient (Wildman–Crippen LogP) is 4.49. The minimum Gasteiger partial charge on any atom is -0.488 e. The van der Waals surface area contributed by atoms with E-state index < -0.39 is 5.97 Å². The zero-order valence-corrected chi connectivity index (χ0v) is 14.1. The number of benzene rings is 3. The Bertz CT molecular complexity index is 929. The number of hydrogen-bond acceptors (Lipinski definition) is 4. The Labute approximate surface area is 152 Å². The van der Waals surface area contributed by atoms with Crippen LogP contribution in [0.2, 0.25) is 0 Å². The Morgan fingerprint density at radius 2 is 1.54 bits per heavy atom. The lowest BCUT2D eigenvalue weighted by Gasteiger charge is -2.12. The maximum Gasteiger partial charge on any atom is 0.342 e. The van der Waals surface area contributed by atoms with Crippen LogP contribution in [0.25, 0.3) is 0 Å². The third kappa shape index (κ3) is 4.28. The normalized spacial score (nSPS) is 9.96. The molecule has 0 aliphatic carbocycles. The molecule has 0 aromatic heterocycles. The van der Waals surface area contributed by atoms with Gasteiger partial charge in [-0.1, -0.05) is 60.7 Å². The van der Waals surface area contributed by atoms with E-state index in [4.69, 9.17) is 14.7 Å². The van der Waals surface area contributed by atoms with Crippen LogP contribution in [0.15, 0.2) is 78.9 Å². The third-order valence-electron chi connectivity index (χ3n) is 3.84. The van der Waals surface area contributed by atoms with Crippen molar-refractivity contribution in [1.82, 2.24) is 0 Å². The number of rotatable bonds is 6. The lowest BCUT2D eigenvalue weighted by atomic mass is 10.1. The van der Waals surface area contributed by atoms with Crippen molar-refractivity contribution in [2.24, 2.45) is 0 Å². The van der Waals surface area contributed by atoms with Gasteiger partial charge < -0.3 is 9.47 Å². The van der Waals surface area contributed by atoms with Crippen LogP contribution in [0, 0.1) is 11.3 Å². The number of para-hydroxylation sites is 1. The Balaban J connectivity index is 1.69. The van der Waals surface area contributed by atoms with Crippen LogP contribution in [0.5, 0.6) is 5.75 Å². The average molecular weight is 343 g/mol. The van der Waals surface area contributed by atoms with Crippen LogP contribution >= 0.6 is 0 Å². The maximum atomic E-state index is 12.5. The molecule has 0 radical (unpaired) electrons. The first-order chi connectivity index (χ1) is 12.8. The number of nitrogens with zero attached hydrogens (tertiary/aromatic N) is 1. The fourth-order valence-electron chi connectivity index (χ4n) is 2.47. The number of ether oxygens (including phenoxy) is 2. The second kappa shape index (κ2) is 8.50. The van der Waals surface area contributed by atoms with Crippen molar-refractivity contribution in [3.8, 4) is 11.8 Å². The van der Waals surface area contributed by atoms with Gasteiger partial charge in [0.05, 0.1) is 11.6 Å². The van der Waals surface area contributed by atoms with E-state index in [0.717, 1.165) is 5.56 Å². The van der Waals surface area contributed by atoms with Crippen molar-refractivity contribution in [3.63, 3.8) is 0 Å². The second-order valence-corrected chi connectivity index (χ2v) is 5.62. The van der Waals surface area contributed by atoms with Crippen LogP contribution in [0.1, 0.15) is 27.0 Å². The van der Waals surface area contributed by atoms with Gasteiger partial charge in [-0.3, -0.25) is 0 Å². The van der Waals surface area contributed by atoms with E-state index in [0.29, 0.717) is 29.0 Å². The number of hydrogen-bond donors (Lipinski definition) is 0. The fourth-order valence-corrected chi connectivity index (χ4v) is 2.47. The van der Waals surface area contributed by atoms with Gasteiger partial charge in [-0.2, -0.15) is 5.26 Å². The summed E-state index contributed by atoms with van der Waals surface area (Å²) < 4.78 is 11.2. The molecule has 0 heterocycles. The number of esters is 1. The van der Waals surface area contributed by atoms with Crippen LogP contribution in [-0.2, 0) is 18.0 Å². The van der Waals surface area contributed by atoms with Gasteiger partial charge >= 0.3 is 5.97 Å². The van der Waals surface area contributed by atoms with Crippen molar-refractivity contribution in [2.75, 3.05) is 0 Å². The molecule has 128 valence electrons. The summed E-state index contributed by atoms with van der Waals surface area (Å²) in [4.78, 5) is 12.5. The van der Waals surface area contributed by atoms with Gasteiger partial charge in [0.2, 0.25) is 0 Å². The molecule has 4 nitrogen and oxygen atoms in total. The molecular formula is C22H17NO3.